The van der Waals surface area contributed by atoms with E-state index in [0.717, 1.165) is 32.1 Å². The van der Waals surface area contributed by atoms with Crippen LogP contribution in [0.5, 0.6) is 0 Å². The first kappa shape index (κ1) is 14.9. The highest BCUT2D eigenvalue weighted by atomic mass is 16.1. The van der Waals surface area contributed by atoms with Gasteiger partial charge < -0.3 is 10.1 Å². The van der Waals surface area contributed by atoms with Gasteiger partial charge >= 0.3 is 0 Å². The van der Waals surface area contributed by atoms with Crippen molar-refractivity contribution >= 4 is 6.29 Å². The summed E-state index contributed by atoms with van der Waals surface area (Å²) in [4.78, 5) is 10.4. The van der Waals surface area contributed by atoms with E-state index in [4.69, 9.17) is 0 Å². The molecule has 0 fully saturated rings. The van der Waals surface area contributed by atoms with Gasteiger partial charge in [0.1, 0.15) is 6.29 Å². The van der Waals surface area contributed by atoms with Crippen molar-refractivity contribution in [3.63, 3.8) is 0 Å². The molecule has 0 spiro atoms. The summed E-state index contributed by atoms with van der Waals surface area (Å²) in [5.41, 5.74) is 2.66. The number of rotatable bonds is 8. The van der Waals surface area contributed by atoms with Gasteiger partial charge in [0.05, 0.1) is 0 Å². The molecule has 100 valence electrons. The van der Waals surface area contributed by atoms with E-state index in [1.807, 2.05) is 0 Å². The van der Waals surface area contributed by atoms with Gasteiger partial charge in [-0.2, -0.15) is 0 Å². The third kappa shape index (κ3) is 4.26. The minimum Gasteiger partial charge on any atom is -0.308 e. The molecule has 1 aromatic rings. The van der Waals surface area contributed by atoms with Gasteiger partial charge in [-0.3, -0.25) is 0 Å². The number of hydrogen-bond donors (Lipinski definition) is 1. The first-order chi connectivity index (χ1) is 8.62. The largest absolute Gasteiger partial charge is 0.308 e. The summed E-state index contributed by atoms with van der Waals surface area (Å²) in [6.45, 7) is 7.48. The Morgan fingerprint density at radius 3 is 2.72 bits per heavy atom. The number of aryl methyl sites for hydroxylation is 1. The molecular formula is C16H25NO. The standard InChI is InChI=1S/C16H25NO/c1-4-17-16(3,11-6-5-7-12-18)15-10-8-9-14(2)13-15/h8-10,12-13,17H,4-7,11H2,1-3H3. The molecule has 0 aliphatic rings. The summed E-state index contributed by atoms with van der Waals surface area (Å²) in [6.07, 6.45) is 4.82. The lowest BCUT2D eigenvalue weighted by atomic mass is 9.86. The van der Waals surface area contributed by atoms with Gasteiger partial charge in [-0.25, -0.2) is 0 Å². The second kappa shape index (κ2) is 7.32. The minimum atomic E-state index is 0.0175. The van der Waals surface area contributed by atoms with Gasteiger partial charge in [0, 0.05) is 12.0 Å². The second-order valence-electron chi connectivity index (χ2n) is 5.14. The first-order valence-corrected chi connectivity index (χ1v) is 6.88. The van der Waals surface area contributed by atoms with Crippen molar-refractivity contribution < 1.29 is 4.79 Å². The maximum absolute atomic E-state index is 10.4. The zero-order valence-corrected chi connectivity index (χ0v) is 11.8. The van der Waals surface area contributed by atoms with E-state index >= 15 is 0 Å². The molecule has 0 heterocycles. The minimum absolute atomic E-state index is 0.0175. The summed E-state index contributed by atoms with van der Waals surface area (Å²) in [7, 11) is 0. The molecule has 1 unspecified atom stereocenters. The lowest BCUT2D eigenvalue weighted by Gasteiger charge is -2.31. The van der Waals surface area contributed by atoms with E-state index in [1.54, 1.807) is 0 Å². The molecule has 1 N–H and O–H groups in total. The molecule has 0 aliphatic carbocycles. The predicted molar refractivity (Wildman–Crippen MR) is 76.7 cm³/mol. The number of nitrogens with one attached hydrogen (secondary N) is 1. The summed E-state index contributed by atoms with van der Waals surface area (Å²) < 4.78 is 0. The van der Waals surface area contributed by atoms with E-state index in [9.17, 15) is 4.79 Å². The van der Waals surface area contributed by atoms with E-state index in [2.05, 4.69) is 50.4 Å². The maximum atomic E-state index is 10.4. The highest BCUT2D eigenvalue weighted by Crippen LogP contribution is 2.27. The van der Waals surface area contributed by atoms with Crippen LogP contribution in [-0.4, -0.2) is 12.8 Å². The summed E-state index contributed by atoms with van der Waals surface area (Å²) >= 11 is 0. The topological polar surface area (TPSA) is 29.1 Å². The van der Waals surface area contributed by atoms with Gasteiger partial charge in [0.15, 0.2) is 0 Å². The molecule has 0 aromatic heterocycles. The Bertz CT molecular complexity index is 375. The second-order valence-corrected chi connectivity index (χ2v) is 5.14. The van der Waals surface area contributed by atoms with Crippen molar-refractivity contribution in [3.8, 4) is 0 Å². The molecule has 0 saturated heterocycles. The van der Waals surface area contributed by atoms with E-state index in [-0.39, 0.29) is 5.54 Å². The fourth-order valence-corrected chi connectivity index (χ4v) is 2.42. The Morgan fingerprint density at radius 1 is 1.33 bits per heavy atom. The lowest BCUT2D eigenvalue weighted by molar-refractivity contribution is -0.107. The highest BCUT2D eigenvalue weighted by Gasteiger charge is 2.24. The molecule has 0 saturated carbocycles. The van der Waals surface area contributed by atoms with Gasteiger partial charge in [-0.05, 0) is 38.8 Å². The maximum Gasteiger partial charge on any atom is 0.119 e. The molecule has 0 bridgehead atoms. The molecule has 0 aliphatic heterocycles. The number of benzene rings is 1. The third-order valence-corrected chi connectivity index (χ3v) is 3.47. The van der Waals surface area contributed by atoms with Crippen LogP contribution in [-0.2, 0) is 10.3 Å². The fourth-order valence-electron chi connectivity index (χ4n) is 2.42. The average Bonchev–Trinajstić information content (AvgIpc) is 2.35. The molecule has 1 rings (SSSR count). The third-order valence-electron chi connectivity index (χ3n) is 3.47. The number of carbonyl (C=O) groups excluding carboxylic acids is 1. The van der Waals surface area contributed by atoms with Crippen LogP contribution in [0.1, 0.15) is 50.7 Å². The van der Waals surface area contributed by atoms with Gasteiger partial charge in [-0.1, -0.05) is 43.2 Å². The Balaban J connectivity index is 2.75. The van der Waals surface area contributed by atoms with E-state index in [1.165, 1.54) is 11.1 Å². The quantitative estimate of drug-likeness (QED) is 0.562. The van der Waals surface area contributed by atoms with Crippen molar-refractivity contribution in [2.24, 2.45) is 0 Å². The molecular weight excluding hydrogens is 222 g/mol. The molecule has 18 heavy (non-hydrogen) atoms. The zero-order chi connectivity index (χ0) is 13.4. The molecule has 2 heteroatoms. The van der Waals surface area contributed by atoms with Crippen molar-refractivity contribution in [2.45, 2.75) is 52.0 Å². The van der Waals surface area contributed by atoms with Crippen molar-refractivity contribution in [3.05, 3.63) is 35.4 Å². The van der Waals surface area contributed by atoms with Crippen LogP contribution in [0.3, 0.4) is 0 Å². The Morgan fingerprint density at radius 2 is 2.11 bits per heavy atom. The smallest absolute Gasteiger partial charge is 0.119 e. The number of unbranched alkanes of at least 4 members (excludes halogenated alkanes) is 2. The van der Waals surface area contributed by atoms with Gasteiger partial charge in [0.2, 0.25) is 0 Å². The summed E-state index contributed by atoms with van der Waals surface area (Å²) in [5, 5.41) is 3.59. The van der Waals surface area contributed by atoms with Crippen LogP contribution in [0.15, 0.2) is 24.3 Å². The van der Waals surface area contributed by atoms with Crippen molar-refractivity contribution in [1.82, 2.24) is 5.32 Å². The molecule has 1 atom stereocenters. The van der Waals surface area contributed by atoms with Crippen molar-refractivity contribution in [1.29, 1.82) is 0 Å². The Kier molecular flexibility index (Phi) is 6.06. The summed E-state index contributed by atoms with van der Waals surface area (Å²) in [6, 6.07) is 8.69. The molecule has 1 aromatic carbocycles. The lowest BCUT2D eigenvalue weighted by Crippen LogP contribution is -2.39. The Hall–Kier alpha value is -1.15. The van der Waals surface area contributed by atoms with Crippen LogP contribution in [0.25, 0.3) is 0 Å². The zero-order valence-electron chi connectivity index (χ0n) is 11.8. The van der Waals surface area contributed by atoms with E-state index in [0.29, 0.717) is 6.42 Å². The number of carbonyl (C=O) groups is 1. The van der Waals surface area contributed by atoms with Gasteiger partial charge in [-0.15, -0.1) is 0 Å². The van der Waals surface area contributed by atoms with E-state index < -0.39 is 0 Å². The number of aldehydes is 1. The monoisotopic (exact) mass is 247 g/mol. The Labute approximate surface area is 111 Å². The van der Waals surface area contributed by atoms with Crippen LogP contribution < -0.4 is 5.32 Å². The normalized spacial score (nSPS) is 14.2. The van der Waals surface area contributed by atoms with Crippen LogP contribution in [0.2, 0.25) is 0 Å². The van der Waals surface area contributed by atoms with Crippen molar-refractivity contribution in [2.75, 3.05) is 6.54 Å². The SMILES string of the molecule is CCNC(C)(CCCCC=O)c1cccc(C)c1. The molecule has 2 nitrogen and oxygen atoms in total. The first-order valence-electron chi connectivity index (χ1n) is 6.88. The number of hydrogen-bond acceptors (Lipinski definition) is 2. The van der Waals surface area contributed by atoms with Crippen LogP contribution in [0.4, 0.5) is 0 Å². The van der Waals surface area contributed by atoms with Crippen LogP contribution in [0, 0.1) is 6.92 Å². The van der Waals surface area contributed by atoms with Gasteiger partial charge in [0.25, 0.3) is 0 Å². The summed E-state index contributed by atoms with van der Waals surface area (Å²) in [5.74, 6) is 0. The average molecular weight is 247 g/mol. The highest BCUT2D eigenvalue weighted by molar-refractivity contribution is 5.48. The predicted octanol–water partition coefficient (Wildman–Crippen LogP) is 3.58. The molecule has 0 amide bonds. The van der Waals surface area contributed by atoms with Crippen LogP contribution >= 0.6 is 0 Å². The molecule has 0 radical (unpaired) electrons. The fraction of sp³-hybridized carbons (Fsp3) is 0.562.